The summed E-state index contributed by atoms with van der Waals surface area (Å²) in [6.07, 6.45) is 9.24. The van der Waals surface area contributed by atoms with Crippen LogP contribution in [-0.4, -0.2) is 48.6 Å². The van der Waals surface area contributed by atoms with Gasteiger partial charge in [0.05, 0.1) is 12.5 Å². The molecule has 0 bridgehead atoms. The van der Waals surface area contributed by atoms with Gasteiger partial charge in [0.15, 0.2) is 0 Å². The van der Waals surface area contributed by atoms with E-state index in [-0.39, 0.29) is 29.9 Å². The van der Waals surface area contributed by atoms with E-state index in [0.29, 0.717) is 18.9 Å². The summed E-state index contributed by atoms with van der Waals surface area (Å²) in [5, 5.41) is 0. The quantitative estimate of drug-likeness (QED) is 0.751. The summed E-state index contributed by atoms with van der Waals surface area (Å²) < 4.78 is 5.89. The molecule has 26 heavy (non-hydrogen) atoms. The van der Waals surface area contributed by atoms with Gasteiger partial charge in [0, 0.05) is 31.7 Å². The molecule has 6 heteroatoms. The first-order valence-electron chi connectivity index (χ1n) is 10.2. The van der Waals surface area contributed by atoms with Crippen LogP contribution in [0.4, 0.5) is 0 Å². The van der Waals surface area contributed by atoms with E-state index in [9.17, 15) is 9.59 Å². The minimum atomic E-state index is -0.241. The van der Waals surface area contributed by atoms with E-state index in [1.54, 1.807) is 13.8 Å². The van der Waals surface area contributed by atoms with Crippen LogP contribution in [0.5, 0.6) is 0 Å². The van der Waals surface area contributed by atoms with E-state index >= 15 is 0 Å². The molecule has 0 aromatic rings. The van der Waals surface area contributed by atoms with Gasteiger partial charge in [-0.15, -0.1) is 0 Å². The number of rotatable bonds is 6. The third-order valence-corrected chi connectivity index (χ3v) is 5.18. The Labute approximate surface area is 159 Å². The fourth-order valence-electron chi connectivity index (χ4n) is 3.32. The van der Waals surface area contributed by atoms with E-state index in [1.807, 2.05) is 11.8 Å². The second-order valence-corrected chi connectivity index (χ2v) is 8.15. The standard InChI is InChI=1S/C16H30N2O2.C4H9NO/c1-13(20-12-14-6-3-2-4-7-14)10-16(19)18-9-5-8-15(17)11-18;1-3(2)4(5)6/h13-15H,2-12,17H2,1H3;3H,1-2H3,(H2,5,6). The zero-order chi connectivity index (χ0) is 19.5. The van der Waals surface area contributed by atoms with Gasteiger partial charge in [-0.2, -0.15) is 0 Å². The van der Waals surface area contributed by atoms with E-state index in [1.165, 1.54) is 32.1 Å². The van der Waals surface area contributed by atoms with Crippen molar-refractivity contribution in [2.45, 2.75) is 84.3 Å². The highest BCUT2D eigenvalue weighted by Crippen LogP contribution is 2.24. The number of likely N-dealkylation sites (tertiary alicyclic amines) is 1. The molecule has 0 spiro atoms. The van der Waals surface area contributed by atoms with Crippen LogP contribution in [0.1, 0.15) is 72.1 Å². The Hall–Kier alpha value is -1.14. The maximum Gasteiger partial charge on any atom is 0.225 e. The Balaban J connectivity index is 0.000000487. The van der Waals surface area contributed by atoms with Gasteiger partial charge in [0.25, 0.3) is 0 Å². The van der Waals surface area contributed by atoms with Crippen LogP contribution in [0.2, 0.25) is 0 Å². The van der Waals surface area contributed by atoms with Crippen molar-refractivity contribution >= 4 is 11.8 Å². The Morgan fingerprint density at radius 1 is 1.08 bits per heavy atom. The summed E-state index contributed by atoms with van der Waals surface area (Å²) in [6.45, 7) is 7.96. The van der Waals surface area contributed by atoms with Crippen molar-refractivity contribution in [1.82, 2.24) is 4.90 Å². The number of hydrogen-bond donors (Lipinski definition) is 2. The number of primary amides is 1. The molecule has 2 amide bonds. The van der Waals surface area contributed by atoms with Crippen molar-refractivity contribution in [3.05, 3.63) is 0 Å². The lowest BCUT2D eigenvalue weighted by atomic mass is 9.90. The monoisotopic (exact) mass is 369 g/mol. The van der Waals surface area contributed by atoms with Crippen molar-refractivity contribution in [2.24, 2.45) is 23.3 Å². The number of amides is 2. The van der Waals surface area contributed by atoms with Gasteiger partial charge < -0.3 is 21.1 Å². The first-order valence-corrected chi connectivity index (χ1v) is 10.2. The zero-order valence-electron chi connectivity index (χ0n) is 16.9. The molecule has 0 radical (unpaired) electrons. The maximum atomic E-state index is 12.2. The molecule has 1 saturated heterocycles. The topological polar surface area (TPSA) is 98.7 Å². The fourth-order valence-corrected chi connectivity index (χ4v) is 3.32. The van der Waals surface area contributed by atoms with Crippen LogP contribution < -0.4 is 11.5 Å². The SMILES string of the molecule is CC(C)C(N)=O.CC(CC(=O)N1CCCC(N)C1)OCC1CCCCC1. The van der Waals surface area contributed by atoms with Crippen molar-refractivity contribution in [2.75, 3.05) is 19.7 Å². The molecular formula is C20H39N3O3. The first-order chi connectivity index (χ1) is 12.3. The zero-order valence-corrected chi connectivity index (χ0v) is 16.9. The highest BCUT2D eigenvalue weighted by molar-refractivity contribution is 5.76. The lowest BCUT2D eigenvalue weighted by molar-refractivity contribution is -0.135. The summed E-state index contributed by atoms with van der Waals surface area (Å²) in [5.74, 6) is 0.668. The summed E-state index contributed by atoms with van der Waals surface area (Å²) in [6, 6.07) is 0.158. The maximum absolute atomic E-state index is 12.2. The average Bonchev–Trinajstić information content (AvgIpc) is 2.61. The summed E-state index contributed by atoms with van der Waals surface area (Å²) in [4.78, 5) is 24.0. The molecule has 1 aliphatic carbocycles. The average molecular weight is 370 g/mol. The highest BCUT2D eigenvalue weighted by atomic mass is 16.5. The third kappa shape index (κ3) is 9.53. The van der Waals surface area contributed by atoms with Gasteiger partial charge in [0.2, 0.25) is 11.8 Å². The predicted octanol–water partition coefficient (Wildman–Crippen LogP) is 2.44. The highest BCUT2D eigenvalue weighted by Gasteiger charge is 2.23. The third-order valence-electron chi connectivity index (χ3n) is 5.18. The molecule has 1 aliphatic heterocycles. The van der Waals surface area contributed by atoms with Crippen molar-refractivity contribution < 1.29 is 14.3 Å². The normalized spacial score (nSPS) is 22.5. The number of ether oxygens (including phenoxy) is 1. The fraction of sp³-hybridized carbons (Fsp3) is 0.900. The largest absolute Gasteiger partial charge is 0.378 e. The minimum absolute atomic E-state index is 0.00926. The van der Waals surface area contributed by atoms with E-state index in [2.05, 4.69) is 0 Å². The van der Waals surface area contributed by atoms with Crippen LogP contribution in [0.15, 0.2) is 0 Å². The molecule has 1 saturated carbocycles. The molecule has 0 aromatic heterocycles. The molecular weight excluding hydrogens is 330 g/mol. The summed E-state index contributed by atoms with van der Waals surface area (Å²) >= 11 is 0. The van der Waals surface area contributed by atoms with Crippen LogP contribution in [0, 0.1) is 11.8 Å². The van der Waals surface area contributed by atoms with Gasteiger partial charge >= 0.3 is 0 Å². The lowest BCUT2D eigenvalue weighted by Crippen LogP contribution is -2.46. The van der Waals surface area contributed by atoms with E-state index in [0.717, 1.165) is 26.0 Å². The number of nitrogens with zero attached hydrogens (tertiary/aromatic N) is 1. The Morgan fingerprint density at radius 2 is 1.69 bits per heavy atom. The molecule has 2 rings (SSSR count). The molecule has 2 aliphatic rings. The summed E-state index contributed by atoms with van der Waals surface area (Å²) in [5.41, 5.74) is 10.7. The second kappa shape index (κ2) is 12.3. The molecule has 2 atom stereocenters. The van der Waals surface area contributed by atoms with Gasteiger partial charge in [-0.05, 0) is 38.5 Å². The molecule has 6 nitrogen and oxygen atoms in total. The van der Waals surface area contributed by atoms with Gasteiger partial charge in [-0.1, -0.05) is 33.1 Å². The Kier molecular flexibility index (Phi) is 10.8. The van der Waals surface area contributed by atoms with Crippen molar-refractivity contribution in [3.8, 4) is 0 Å². The second-order valence-electron chi connectivity index (χ2n) is 8.15. The number of carbonyl (C=O) groups is 2. The molecule has 4 N–H and O–H groups in total. The van der Waals surface area contributed by atoms with Crippen LogP contribution in [-0.2, 0) is 14.3 Å². The predicted molar refractivity (Wildman–Crippen MR) is 104 cm³/mol. The summed E-state index contributed by atoms with van der Waals surface area (Å²) in [7, 11) is 0. The van der Waals surface area contributed by atoms with E-state index in [4.69, 9.17) is 16.2 Å². The lowest BCUT2D eigenvalue weighted by Gasteiger charge is -2.31. The van der Waals surface area contributed by atoms with Gasteiger partial charge in [-0.3, -0.25) is 9.59 Å². The van der Waals surface area contributed by atoms with Crippen LogP contribution >= 0.6 is 0 Å². The van der Waals surface area contributed by atoms with Gasteiger partial charge in [-0.25, -0.2) is 0 Å². The molecule has 2 fully saturated rings. The van der Waals surface area contributed by atoms with Crippen LogP contribution in [0.25, 0.3) is 0 Å². The molecule has 2 unspecified atom stereocenters. The Bertz CT molecular complexity index is 423. The first kappa shape index (κ1) is 22.9. The van der Waals surface area contributed by atoms with E-state index < -0.39 is 0 Å². The molecule has 152 valence electrons. The number of nitrogens with two attached hydrogens (primary N) is 2. The number of carbonyl (C=O) groups excluding carboxylic acids is 2. The minimum Gasteiger partial charge on any atom is -0.378 e. The smallest absolute Gasteiger partial charge is 0.225 e. The molecule has 1 heterocycles. The number of piperidine rings is 1. The van der Waals surface area contributed by atoms with Crippen LogP contribution in [0.3, 0.4) is 0 Å². The Morgan fingerprint density at radius 3 is 2.23 bits per heavy atom. The molecule has 0 aromatic carbocycles. The van der Waals surface area contributed by atoms with Gasteiger partial charge in [0.1, 0.15) is 0 Å². The van der Waals surface area contributed by atoms with Crippen molar-refractivity contribution in [3.63, 3.8) is 0 Å². The van der Waals surface area contributed by atoms with Crippen molar-refractivity contribution in [1.29, 1.82) is 0 Å². The number of hydrogen-bond acceptors (Lipinski definition) is 4.